The summed E-state index contributed by atoms with van der Waals surface area (Å²) in [6.07, 6.45) is 1.05. The molecular weight excluding hydrogens is 477 g/mol. The Hall–Kier alpha value is -4.09. The van der Waals surface area contributed by atoms with Crippen molar-refractivity contribution >= 4 is 23.2 Å². The van der Waals surface area contributed by atoms with E-state index in [1.54, 1.807) is 0 Å². The van der Waals surface area contributed by atoms with E-state index in [1.165, 1.54) is 33.9 Å². The summed E-state index contributed by atoms with van der Waals surface area (Å²) >= 11 is 0. The summed E-state index contributed by atoms with van der Waals surface area (Å²) in [4.78, 5) is 32.2. The molecule has 1 saturated heterocycles. The normalized spacial score (nSPS) is 19.0. The van der Waals surface area contributed by atoms with Crippen LogP contribution >= 0.6 is 0 Å². The SMILES string of the molecule is CN1C(=O)[C@@H](NC(=O)c2ncn(Cc3ccccc3)n2)COc2cc(N3CCC(F)(F)C3)c(F)cc21. The molecule has 2 amide bonds. The number of benzene rings is 2. The van der Waals surface area contributed by atoms with Gasteiger partial charge in [-0.1, -0.05) is 30.3 Å². The smallest absolute Gasteiger partial charge is 0.291 e. The van der Waals surface area contributed by atoms with E-state index in [0.717, 1.165) is 11.6 Å². The number of carbonyl (C=O) groups excluding carboxylic acids is 2. The third kappa shape index (κ3) is 4.70. The third-order valence-corrected chi connectivity index (χ3v) is 6.17. The molecule has 2 aliphatic heterocycles. The van der Waals surface area contributed by atoms with Crippen molar-refractivity contribution in [3.8, 4) is 5.75 Å². The highest BCUT2D eigenvalue weighted by Crippen LogP contribution is 2.39. The molecule has 36 heavy (non-hydrogen) atoms. The number of likely N-dealkylation sites (N-methyl/N-ethyl adjacent to an activating group) is 1. The lowest BCUT2D eigenvalue weighted by molar-refractivity contribution is -0.120. The fraction of sp³-hybridized carbons (Fsp3) is 0.333. The maximum absolute atomic E-state index is 14.8. The topological polar surface area (TPSA) is 92.6 Å². The van der Waals surface area contributed by atoms with Crippen molar-refractivity contribution in [2.75, 3.05) is 36.5 Å². The van der Waals surface area contributed by atoms with Gasteiger partial charge in [0.05, 0.1) is 24.5 Å². The number of fused-ring (bicyclic) bond motifs is 1. The van der Waals surface area contributed by atoms with Crippen LogP contribution in [-0.4, -0.2) is 65.3 Å². The second kappa shape index (κ2) is 9.17. The summed E-state index contributed by atoms with van der Waals surface area (Å²) < 4.78 is 49.4. The van der Waals surface area contributed by atoms with E-state index in [2.05, 4.69) is 15.4 Å². The second-order valence-electron chi connectivity index (χ2n) is 8.78. The first-order chi connectivity index (χ1) is 17.2. The molecule has 0 bridgehead atoms. The summed E-state index contributed by atoms with van der Waals surface area (Å²) in [6, 6.07) is 10.8. The molecule has 3 heterocycles. The Morgan fingerprint density at radius 2 is 2.00 bits per heavy atom. The largest absolute Gasteiger partial charge is 0.489 e. The van der Waals surface area contributed by atoms with Gasteiger partial charge in [0.25, 0.3) is 17.7 Å². The number of ether oxygens (including phenoxy) is 1. The molecule has 1 fully saturated rings. The van der Waals surface area contributed by atoms with Gasteiger partial charge in [-0.25, -0.2) is 22.8 Å². The number of rotatable bonds is 5. The Labute approximate surface area is 204 Å². The van der Waals surface area contributed by atoms with Gasteiger partial charge in [0.1, 0.15) is 30.5 Å². The van der Waals surface area contributed by atoms with Crippen molar-refractivity contribution in [1.29, 1.82) is 0 Å². The van der Waals surface area contributed by atoms with Crippen LogP contribution in [0.4, 0.5) is 24.5 Å². The molecule has 1 atom stereocenters. The van der Waals surface area contributed by atoms with Crippen molar-refractivity contribution < 1.29 is 27.5 Å². The molecule has 1 aromatic heterocycles. The van der Waals surface area contributed by atoms with Gasteiger partial charge >= 0.3 is 0 Å². The first-order valence-corrected chi connectivity index (χ1v) is 11.3. The minimum absolute atomic E-state index is 0.0000777. The van der Waals surface area contributed by atoms with E-state index in [1.807, 2.05) is 30.3 Å². The van der Waals surface area contributed by atoms with Crippen molar-refractivity contribution in [2.45, 2.75) is 24.9 Å². The molecule has 0 spiro atoms. The highest BCUT2D eigenvalue weighted by Gasteiger charge is 2.40. The Kier molecular flexibility index (Phi) is 6.02. The maximum atomic E-state index is 14.8. The molecule has 5 rings (SSSR count). The fourth-order valence-electron chi connectivity index (χ4n) is 4.26. The Bertz CT molecular complexity index is 1300. The molecule has 12 heteroatoms. The monoisotopic (exact) mass is 500 g/mol. The lowest BCUT2D eigenvalue weighted by atomic mass is 10.2. The first-order valence-electron chi connectivity index (χ1n) is 11.3. The van der Waals surface area contributed by atoms with Gasteiger partial charge < -0.3 is 19.9 Å². The molecule has 0 radical (unpaired) electrons. The van der Waals surface area contributed by atoms with Crippen molar-refractivity contribution in [2.24, 2.45) is 0 Å². The zero-order valence-corrected chi connectivity index (χ0v) is 19.3. The lowest BCUT2D eigenvalue weighted by Crippen LogP contribution is -2.49. The van der Waals surface area contributed by atoms with E-state index in [-0.39, 0.29) is 42.5 Å². The first kappa shape index (κ1) is 23.6. The number of halogens is 3. The van der Waals surface area contributed by atoms with Crippen LogP contribution in [0.25, 0.3) is 0 Å². The summed E-state index contributed by atoms with van der Waals surface area (Å²) in [5.74, 6) is -4.82. The summed E-state index contributed by atoms with van der Waals surface area (Å²) in [6.45, 7) is -0.421. The minimum atomic E-state index is -2.90. The van der Waals surface area contributed by atoms with Gasteiger partial charge in [0, 0.05) is 32.1 Å². The standard InChI is InChI=1S/C24H23F3N6O3/c1-31-19-9-16(25)18(32-8-7-24(26,27)13-32)10-20(19)36-12-17(23(31)35)29-22(34)21-28-14-33(30-21)11-15-5-3-2-4-6-15/h2-6,9-10,14,17H,7-8,11-13H2,1H3,(H,29,34)/t17-/m0/s1. The van der Waals surface area contributed by atoms with E-state index in [0.29, 0.717) is 6.54 Å². The highest BCUT2D eigenvalue weighted by molar-refractivity contribution is 6.02. The zero-order valence-electron chi connectivity index (χ0n) is 19.3. The van der Waals surface area contributed by atoms with Gasteiger partial charge in [0.15, 0.2) is 0 Å². The Balaban J connectivity index is 1.29. The number of anilines is 2. The molecular formula is C24H23F3N6O3. The number of carbonyl (C=O) groups is 2. The van der Waals surface area contributed by atoms with Crippen LogP contribution in [0.3, 0.4) is 0 Å². The number of nitrogens with zero attached hydrogens (tertiary/aromatic N) is 5. The van der Waals surface area contributed by atoms with Gasteiger partial charge in [-0.15, -0.1) is 5.10 Å². The molecule has 9 nitrogen and oxygen atoms in total. The molecule has 2 aromatic carbocycles. The summed E-state index contributed by atoms with van der Waals surface area (Å²) in [5, 5.41) is 6.73. The molecule has 3 aromatic rings. The molecule has 0 unspecified atom stereocenters. The van der Waals surface area contributed by atoms with Crippen LogP contribution in [0.5, 0.6) is 5.75 Å². The lowest BCUT2D eigenvalue weighted by Gasteiger charge is -2.23. The molecule has 188 valence electrons. The van der Waals surface area contributed by atoms with Crippen LogP contribution in [0.15, 0.2) is 48.8 Å². The molecule has 2 aliphatic rings. The number of nitrogens with one attached hydrogen (secondary N) is 1. The van der Waals surface area contributed by atoms with Gasteiger partial charge in [0.2, 0.25) is 5.82 Å². The predicted octanol–water partition coefficient (Wildman–Crippen LogP) is 2.46. The van der Waals surface area contributed by atoms with Gasteiger partial charge in [-0.3, -0.25) is 9.59 Å². The number of hydrogen-bond donors (Lipinski definition) is 1. The van der Waals surface area contributed by atoms with Crippen LogP contribution in [0, 0.1) is 5.82 Å². The average Bonchev–Trinajstić information content (AvgIpc) is 3.45. The molecule has 0 aliphatic carbocycles. The minimum Gasteiger partial charge on any atom is -0.489 e. The highest BCUT2D eigenvalue weighted by atomic mass is 19.3. The van der Waals surface area contributed by atoms with E-state index < -0.39 is 36.1 Å². The van der Waals surface area contributed by atoms with E-state index in [4.69, 9.17) is 4.74 Å². The van der Waals surface area contributed by atoms with E-state index >= 15 is 0 Å². The Morgan fingerprint density at radius 3 is 2.72 bits per heavy atom. The molecule has 0 saturated carbocycles. The number of alkyl halides is 2. The average molecular weight is 500 g/mol. The zero-order chi connectivity index (χ0) is 25.4. The van der Waals surface area contributed by atoms with Crippen LogP contribution < -0.4 is 19.9 Å². The third-order valence-electron chi connectivity index (χ3n) is 6.17. The number of aromatic nitrogens is 3. The van der Waals surface area contributed by atoms with Crippen LogP contribution in [0.2, 0.25) is 0 Å². The number of hydrogen-bond acceptors (Lipinski definition) is 6. The van der Waals surface area contributed by atoms with Gasteiger partial charge in [-0.05, 0) is 5.56 Å². The second-order valence-corrected chi connectivity index (χ2v) is 8.78. The van der Waals surface area contributed by atoms with Crippen molar-refractivity contribution in [1.82, 2.24) is 20.1 Å². The van der Waals surface area contributed by atoms with E-state index in [9.17, 15) is 22.8 Å². The molecule has 1 N–H and O–H groups in total. The quantitative estimate of drug-likeness (QED) is 0.579. The predicted molar refractivity (Wildman–Crippen MR) is 124 cm³/mol. The van der Waals surface area contributed by atoms with Crippen molar-refractivity contribution in [3.63, 3.8) is 0 Å². The van der Waals surface area contributed by atoms with Gasteiger partial charge in [-0.2, -0.15) is 0 Å². The van der Waals surface area contributed by atoms with Crippen molar-refractivity contribution in [3.05, 3.63) is 66.0 Å². The van der Waals surface area contributed by atoms with Crippen LogP contribution in [-0.2, 0) is 11.3 Å². The Morgan fingerprint density at radius 1 is 1.22 bits per heavy atom. The number of amides is 2. The van der Waals surface area contributed by atoms with Crippen LogP contribution in [0.1, 0.15) is 22.6 Å². The summed E-state index contributed by atoms with van der Waals surface area (Å²) in [7, 11) is 1.42. The summed E-state index contributed by atoms with van der Waals surface area (Å²) in [5.41, 5.74) is 1.09. The fourth-order valence-corrected chi connectivity index (χ4v) is 4.26. The maximum Gasteiger partial charge on any atom is 0.291 e.